The fraction of sp³-hybridized carbons (Fsp3) is 0.667. The Morgan fingerprint density at radius 3 is 2.94 bits per heavy atom. The lowest BCUT2D eigenvalue weighted by molar-refractivity contribution is 0.145. The van der Waals surface area contributed by atoms with Crippen LogP contribution in [0.3, 0.4) is 0 Å². The maximum atomic E-state index is 5.27. The van der Waals surface area contributed by atoms with Gasteiger partial charge in [-0.25, -0.2) is 0 Å². The molecule has 1 rings (SSSR count). The Hall–Kier alpha value is -1.56. The smallest absolute Gasteiger partial charge is 0.191 e. The van der Waals surface area contributed by atoms with Crippen molar-refractivity contribution >= 4 is 5.96 Å². The van der Waals surface area contributed by atoms with Gasteiger partial charge in [-0.15, -0.1) is 0 Å². The van der Waals surface area contributed by atoms with Gasteiger partial charge >= 0.3 is 0 Å². The van der Waals surface area contributed by atoms with Crippen molar-refractivity contribution in [2.75, 3.05) is 26.8 Å². The largest absolute Gasteiger partial charge is 0.382 e. The molecule has 2 N–H and O–H groups in total. The van der Waals surface area contributed by atoms with E-state index in [1.54, 1.807) is 11.7 Å². The topological polar surface area (TPSA) is 63.5 Å². The Balaban J connectivity index is 2.18. The lowest BCUT2D eigenvalue weighted by atomic mass is 10.3. The summed E-state index contributed by atoms with van der Waals surface area (Å²) in [6, 6.07) is 0. The standard InChI is InChI=1S/C12H23N5O/c1-4-18-7-5-6-14-12(13-2)15-8-11-9-16-17(3)10-11/h9-10H,4-8H2,1-3H3,(H2,13,14,15). The van der Waals surface area contributed by atoms with Crippen LogP contribution in [0.15, 0.2) is 17.4 Å². The van der Waals surface area contributed by atoms with Crippen LogP contribution in [0.25, 0.3) is 0 Å². The second-order valence-corrected chi connectivity index (χ2v) is 3.93. The summed E-state index contributed by atoms with van der Waals surface area (Å²) in [6.45, 7) is 5.13. The molecule has 102 valence electrons. The molecule has 0 radical (unpaired) electrons. The van der Waals surface area contributed by atoms with Crippen molar-refractivity contribution < 1.29 is 4.74 Å². The minimum Gasteiger partial charge on any atom is -0.382 e. The van der Waals surface area contributed by atoms with Crippen molar-refractivity contribution in [3.05, 3.63) is 18.0 Å². The van der Waals surface area contributed by atoms with Gasteiger partial charge in [0.05, 0.1) is 6.20 Å². The van der Waals surface area contributed by atoms with Gasteiger partial charge in [0.1, 0.15) is 0 Å². The van der Waals surface area contributed by atoms with Crippen molar-refractivity contribution in [2.45, 2.75) is 19.9 Å². The Kier molecular flexibility index (Phi) is 6.86. The average Bonchev–Trinajstić information content (AvgIpc) is 2.78. The molecule has 1 aromatic rings. The lowest BCUT2D eigenvalue weighted by Crippen LogP contribution is -2.37. The zero-order valence-corrected chi connectivity index (χ0v) is 11.4. The van der Waals surface area contributed by atoms with E-state index in [1.807, 2.05) is 26.4 Å². The van der Waals surface area contributed by atoms with Gasteiger partial charge < -0.3 is 15.4 Å². The number of nitrogens with one attached hydrogen (secondary N) is 2. The Morgan fingerprint density at radius 2 is 2.33 bits per heavy atom. The Morgan fingerprint density at radius 1 is 1.50 bits per heavy atom. The minimum atomic E-state index is 0.721. The maximum absolute atomic E-state index is 5.27. The molecule has 6 nitrogen and oxygen atoms in total. The van der Waals surface area contributed by atoms with Crippen LogP contribution < -0.4 is 10.6 Å². The van der Waals surface area contributed by atoms with Crippen LogP contribution in [-0.4, -0.2) is 42.5 Å². The third-order valence-electron chi connectivity index (χ3n) is 2.40. The van der Waals surface area contributed by atoms with Gasteiger partial charge in [-0.3, -0.25) is 9.67 Å². The third kappa shape index (κ3) is 5.67. The molecule has 0 saturated carbocycles. The average molecular weight is 253 g/mol. The third-order valence-corrected chi connectivity index (χ3v) is 2.40. The van der Waals surface area contributed by atoms with E-state index >= 15 is 0 Å². The van der Waals surface area contributed by atoms with Crippen LogP contribution >= 0.6 is 0 Å². The molecule has 0 amide bonds. The molecule has 0 fully saturated rings. The van der Waals surface area contributed by atoms with E-state index in [2.05, 4.69) is 20.7 Å². The second kappa shape index (κ2) is 8.52. The highest BCUT2D eigenvalue weighted by molar-refractivity contribution is 5.79. The molecule has 0 aliphatic carbocycles. The molecule has 0 saturated heterocycles. The first-order chi connectivity index (χ1) is 8.76. The summed E-state index contributed by atoms with van der Waals surface area (Å²) in [5.74, 6) is 0.801. The van der Waals surface area contributed by atoms with Gasteiger partial charge in [-0.05, 0) is 13.3 Å². The highest BCUT2D eigenvalue weighted by Gasteiger charge is 1.99. The first-order valence-corrected chi connectivity index (χ1v) is 6.26. The molecule has 0 bridgehead atoms. The minimum absolute atomic E-state index is 0.721. The highest BCUT2D eigenvalue weighted by atomic mass is 16.5. The van der Waals surface area contributed by atoms with Gasteiger partial charge in [-0.1, -0.05) is 0 Å². The van der Waals surface area contributed by atoms with Gasteiger partial charge in [0.2, 0.25) is 0 Å². The van der Waals surface area contributed by atoms with Crippen molar-refractivity contribution in [2.24, 2.45) is 12.0 Å². The number of guanidine groups is 1. The number of hydrogen-bond donors (Lipinski definition) is 2. The number of hydrogen-bond acceptors (Lipinski definition) is 3. The zero-order valence-electron chi connectivity index (χ0n) is 11.4. The highest BCUT2D eigenvalue weighted by Crippen LogP contribution is 1.94. The number of nitrogens with zero attached hydrogens (tertiary/aromatic N) is 3. The number of aromatic nitrogens is 2. The molecule has 0 spiro atoms. The fourth-order valence-electron chi connectivity index (χ4n) is 1.49. The first kappa shape index (κ1) is 14.5. The van der Waals surface area contributed by atoms with Gasteiger partial charge in [0, 0.05) is 52.2 Å². The number of ether oxygens (including phenoxy) is 1. The SMILES string of the molecule is CCOCCCNC(=NC)NCc1cnn(C)c1. The zero-order chi connectivity index (χ0) is 13.2. The van der Waals surface area contributed by atoms with E-state index in [1.165, 1.54) is 0 Å². The van der Waals surface area contributed by atoms with Crippen LogP contribution in [0.2, 0.25) is 0 Å². The van der Waals surface area contributed by atoms with Crippen molar-refractivity contribution in [3.63, 3.8) is 0 Å². The van der Waals surface area contributed by atoms with Gasteiger partial charge in [0.25, 0.3) is 0 Å². The molecular formula is C12H23N5O. The fourth-order valence-corrected chi connectivity index (χ4v) is 1.49. The maximum Gasteiger partial charge on any atom is 0.191 e. The van der Waals surface area contributed by atoms with E-state index in [9.17, 15) is 0 Å². The van der Waals surface area contributed by atoms with Crippen molar-refractivity contribution in [3.8, 4) is 0 Å². The van der Waals surface area contributed by atoms with Gasteiger partial charge in [0.15, 0.2) is 5.96 Å². The molecule has 18 heavy (non-hydrogen) atoms. The molecule has 0 unspecified atom stereocenters. The summed E-state index contributed by atoms with van der Waals surface area (Å²) in [4.78, 5) is 4.15. The van der Waals surface area contributed by atoms with E-state index in [4.69, 9.17) is 4.74 Å². The molecular weight excluding hydrogens is 230 g/mol. The van der Waals surface area contributed by atoms with Crippen molar-refractivity contribution in [1.29, 1.82) is 0 Å². The van der Waals surface area contributed by atoms with Crippen LogP contribution in [0.1, 0.15) is 18.9 Å². The van der Waals surface area contributed by atoms with Crippen LogP contribution in [0.4, 0.5) is 0 Å². The molecule has 0 atom stereocenters. The quantitative estimate of drug-likeness (QED) is 0.422. The van der Waals surface area contributed by atoms with Crippen LogP contribution in [0, 0.1) is 0 Å². The van der Waals surface area contributed by atoms with E-state index < -0.39 is 0 Å². The summed E-state index contributed by atoms with van der Waals surface area (Å²) in [6.07, 6.45) is 4.80. The second-order valence-electron chi connectivity index (χ2n) is 3.93. The van der Waals surface area contributed by atoms with Crippen molar-refractivity contribution in [1.82, 2.24) is 20.4 Å². The first-order valence-electron chi connectivity index (χ1n) is 6.26. The summed E-state index contributed by atoms with van der Waals surface area (Å²) < 4.78 is 7.06. The summed E-state index contributed by atoms with van der Waals surface area (Å²) >= 11 is 0. The summed E-state index contributed by atoms with van der Waals surface area (Å²) in [5, 5.41) is 10.6. The normalized spacial score (nSPS) is 11.6. The van der Waals surface area contributed by atoms with Crippen LogP contribution in [0.5, 0.6) is 0 Å². The number of rotatable bonds is 7. The molecule has 0 aliphatic rings. The summed E-state index contributed by atoms with van der Waals surface area (Å²) in [5.41, 5.74) is 1.13. The number of aliphatic imine (C=N–C) groups is 1. The van der Waals surface area contributed by atoms with Gasteiger partial charge in [-0.2, -0.15) is 5.10 Å². The van der Waals surface area contributed by atoms with E-state index in [0.29, 0.717) is 0 Å². The van der Waals surface area contributed by atoms with E-state index in [-0.39, 0.29) is 0 Å². The molecule has 6 heteroatoms. The molecule has 0 aromatic carbocycles. The number of aryl methyl sites for hydroxylation is 1. The monoisotopic (exact) mass is 253 g/mol. The Labute approximate surface area is 108 Å². The predicted octanol–water partition coefficient (Wildman–Crippen LogP) is 0.512. The molecule has 0 aliphatic heterocycles. The lowest BCUT2D eigenvalue weighted by Gasteiger charge is -2.10. The van der Waals surface area contributed by atoms with Crippen LogP contribution in [-0.2, 0) is 18.3 Å². The summed E-state index contributed by atoms with van der Waals surface area (Å²) in [7, 11) is 3.67. The molecule has 1 aromatic heterocycles. The van der Waals surface area contributed by atoms with E-state index in [0.717, 1.165) is 44.2 Å². The Bertz CT molecular complexity index is 361. The predicted molar refractivity (Wildman–Crippen MR) is 72.5 cm³/mol. The molecule has 1 heterocycles.